The summed E-state index contributed by atoms with van der Waals surface area (Å²) in [6.07, 6.45) is 0. The summed E-state index contributed by atoms with van der Waals surface area (Å²) < 4.78 is 0. The van der Waals surface area contributed by atoms with Crippen LogP contribution >= 0.6 is 0 Å². The second kappa shape index (κ2) is 5.31. The van der Waals surface area contributed by atoms with Crippen LogP contribution in [0.5, 0.6) is 0 Å². The van der Waals surface area contributed by atoms with Crippen molar-refractivity contribution in [2.24, 2.45) is 5.92 Å². The molecule has 0 bridgehead atoms. The van der Waals surface area contributed by atoms with E-state index in [1.807, 2.05) is 27.9 Å². The number of rotatable bonds is 3. The van der Waals surface area contributed by atoms with E-state index in [0.717, 1.165) is 6.54 Å². The van der Waals surface area contributed by atoms with Crippen LogP contribution in [0.25, 0.3) is 0 Å². The number of hydrogen-bond acceptors (Lipinski definition) is 2. The molecule has 0 aliphatic carbocycles. The molecule has 0 saturated carbocycles. The van der Waals surface area contributed by atoms with Crippen LogP contribution in [0.1, 0.15) is 20.8 Å². The van der Waals surface area contributed by atoms with Crippen LogP contribution in [-0.2, 0) is 21.7 Å². The van der Waals surface area contributed by atoms with Gasteiger partial charge in [0, 0.05) is 28.3 Å². The maximum Gasteiger partial charge on any atom is 0.0629 e. The molecule has 0 aromatic heterocycles. The third kappa shape index (κ3) is 7.01. The van der Waals surface area contributed by atoms with Gasteiger partial charge in [0.05, 0.1) is 5.60 Å². The van der Waals surface area contributed by atoms with Crippen molar-refractivity contribution in [3.05, 3.63) is 0 Å². The molecular weight excluding hydrogens is 174 g/mol. The topological polar surface area (TPSA) is 23.5 Å². The molecule has 11 heavy (non-hydrogen) atoms. The van der Waals surface area contributed by atoms with E-state index in [-0.39, 0.29) is 21.7 Å². The molecule has 1 atom stereocenters. The predicted octanol–water partition coefficient (Wildman–Crippen LogP) is 0.952. The molecule has 0 rings (SSSR count). The summed E-state index contributed by atoms with van der Waals surface area (Å²) in [5, 5.41) is 9.51. The van der Waals surface area contributed by atoms with Crippen LogP contribution in [0.3, 0.4) is 0 Å². The molecule has 0 aliphatic heterocycles. The standard InChI is InChI=1S/C8H19NO.Ti/c1-7(6-9(4)5)8(2,3)10;/h7,10H,6H2,1-5H3;. The first-order valence-corrected chi connectivity index (χ1v) is 3.71. The quantitative estimate of drug-likeness (QED) is 0.674. The smallest absolute Gasteiger partial charge is 0.0629 e. The van der Waals surface area contributed by atoms with E-state index in [9.17, 15) is 5.11 Å². The van der Waals surface area contributed by atoms with Crippen LogP contribution in [-0.4, -0.2) is 36.2 Å². The Kier molecular flexibility index (Phi) is 6.84. The van der Waals surface area contributed by atoms with Crippen molar-refractivity contribution < 1.29 is 26.8 Å². The number of nitrogens with zero attached hydrogens (tertiary/aromatic N) is 1. The van der Waals surface area contributed by atoms with Gasteiger partial charge in [-0.25, -0.2) is 0 Å². The van der Waals surface area contributed by atoms with Gasteiger partial charge in [-0.3, -0.25) is 0 Å². The minimum absolute atomic E-state index is 0. The average Bonchev–Trinajstić information content (AvgIpc) is 1.60. The maximum absolute atomic E-state index is 9.51. The zero-order valence-electron chi connectivity index (χ0n) is 8.18. The molecule has 0 aliphatic rings. The van der Waals surface area contributed by atoms with Gasteiger partial charge < -0.3 is 10.0 Å². The Hall–Kier alpha value is 0.634. The molecule has 0 spiro atoms. The molecule has 2 nitrogen and oxygen atoms in total. The molecule has 0 radical (unpaired) electrons. The number of aliphatic hydroxyl groups is 1. The van der Waals surface area contributed by atoms with Crippen LogP contribution in [0, 0.1) is 5.92 Å². The van der Waals surface area contributed by atoms with E-state index in [0.29, 0.717) is 5.92 Å². The SMILES string of the molecule is CC(CN(C)C)C(C)(C)O.[Ti]. The van der Waals surface area contributed by atoms with E-state index in [1.165, 1.54) is 0 Å². The summed E-state index contributed by atoms with van der Waals surface area (Å²) in [5.41, 5.74) is -0.551. The van der Waals surface area contributed by atoms with Crippen LogP contribution in [0.15, 0.2) is 0 Å². The normalized spacial score (nSPS) is 14.5. The summed E-state index contributed by atoms with van der Waals surface area (Å²) in [6.45, 7) is 6.69. The maximum atomic E-state index is 9.51. The van der Waals surface area contributed by atoms with Gasteiger partial charge in [-0.15, -0.1) is 0 Å². The summed E-state index contributed by atoms with van der Waals surface area (Å²) in [6, 6.07) is 0. The molecule has 0 fully saturated rings. The van der Waals surface area contributed by atoms with Gasteiger partial charge in [0.25, 0.3) is 0 Å². The Morgan fingerprint density at radius 1 is 1.36 bits per heavy atom. The largest absolute Gasteiger partial charge is 0.390 e. The third-order valence-corrected chi connectivity index (χ3v) is 1.84. The van der Waals surface area contributed by atoms with E-state index in [1.54, 1.807) is 0 Å². The second-order valence-electron chi connectivity index (χ2n) is 3.82. The van der Waals surface area contributed by atoms with Gasteiger partial charge >= 0.3 is 0 Å². The first-order valence-electron chi connectivity index (χ1n) is 3.71. The Balaban J connectivity index is 0. The summed E-state index contributed by atoms with van der Waals surface area (Å²) in [7, 11) is 4.03. The zero-order chi connectivity index (χ0) is 8.36. The molecule has 1 N–H and O–H groups in total. The third-order valence-electron chi connectivity index (χ3n) is 1.84. The second-order valence-corrected chi connectivity index (χ2v) is 3.82. The van der Waals surface area contributed by atoms with Crippen LogP contribution in [0.2, 0.25) is 0 Å². The molecule has 0 amide bonds. The Bertz CT molecular complexity index is 98.8. The van der Waals surface area contributed by atoms with Crippen molar-refractivity contribution in [2.45, 2.75) is 26.4 Å². The van der Waals surface area contributed by atoms with E-state index < -0.39 is 5.60 Å². The van der Waals surface area contributed by atoms with E-state index >= 15 is 0 Å². The first kappa shape index (κ1) is 14.2. The molecule has 0 heterocycles. The average molecular weight is 193 g/mol. The fraction of sp³-hybridized carbons (Fsp3) is 1.00. The summed E-state index contributed by atoms with van der Waals surface area (Å²) in [5.74, 6) is 0.322. The Morgan fingerprint density at radius 3 is 1.82 bits per heavy atom. The van der Waals surface area contributed by atoms with Crippen molar-refractivity contribution in [1.82, 2.24) is 4.90 Å². The Labute approximate surface area is 84.9 Å². The molecule has 0 aromatic rings. The molecule has 66 valence electrons. The minimum atomic E-state index is -0.551. The van der Waals surface area contributed by atoms with Gasteiger partial charge in [-0.2, -0.15) is 0 Å². The van der Waals surface area contributed by atoms with Gasteiger partial charge in [0.1, 0.15) is 0 Å². The Morgan fingerprint density at radius 2 is 1.73 bits per heavy atom. The first-order chi connectivity index (χ1) is 4.34. The van der Waals surface area contributed by atoms with Crippen molar-refractivity contribution in [2.75, 3.05) is 20.6 Å². The van der Waals surface area contributed by atoms with Gasteiger partial charge in [0.2, 0.25) is 0 Å². The monoisotopic (exact) mass is 193 g/mol. The molecule has 0 saturated heterocycles. The summed E-state index contributed by atoms with van der Waals surface area (Å²) >= 11 is 0. The molecule has 0 aromatic carbocycles. The fourth-order valence-corrected chi connectivity index (χ4v) is 0.771. The summed E-state index contributed by atoms with van der Waals surface area (Å²) in [4.78, 5) is 2.09. The molecular formula is C8H19NOTi. The van der Waals surface area contributed by atoms with Crippen molar-refractivity contribution in [3.63, 3.8) is 0 Å². The predicted molar refractivity (Wildman–Crippen MR) is 44.0 cm³/mol. The van der Waals surface area contributed by atoms with Gasteiger partial charge in [0.15, 0.2) is 0 Å². The van der Waals surface area contributed by atoms with Crippen molar-refractivity contribution >= 4 is 0 Å². The van der Waals surface area contributed by atoms with E-state index in [4.69, 9.17) is 0 Å². The van der Waals surface area contributed by atoms with Gasteiger partial charge in [-0.05, 0) is 33.9 Å². The number of hydrogen-bond donors (Lipinski definition) is 1. The van der Waals surface area contributed by atoms with Crippen molar-refractivity contribution in [1.29, 1.82) is 0 Å². The molecule has 1 unspecified atom stereocenters. The van der Waals surface area contributed by atoms with Gasteiger partial charge in [-0.1, -0.05) is 6.92 Å². The zero-order valence-corrected chi connectivity index (χ0v) is 9.74. The minimum Gasteiger partial charge on any atom is -0.390 e. The van der Waals surface area contributed by atoms with E-state index in [2.05, 4.69) is 11.8 Å². The fourth-order valence-electron chi connectivity index (χ4n) is 0.771. The van der Waals surface area contributed by atoms with Crippen molar-refractivity contribution in [3.8, 4) is 0 Å². The van der Waals surface area contributed by atoms with Crippen LogP contribution < -0.4 is 0 Å². The van der Waals surface area contributed by atoms with Crippen LogP contribution in [0.4, 0.5) is 0 Å². The molecule has 3 heteroatoms.